The lowest BCUT2D eigenvalue weighted by Crippen LogP contribution is -2.59. The zero-order valence-corrected chi connectivity index (χ0v) is 11.0. The molecule has 1 aliphatic heterocycles. The van der Waals surface area contributed by atoms with E-state index in [4.69, 9.17) is 0 Å². The summed E-state index contributed by atoms with van der Waals surface area (Å²) in [7, 11) is -0.852. The highest BCUT2D eigenvalue weighted by atomic mass is 28.4. The lowest BCUT2D eigenvalue weighted by Gasteiger charge is -2.36. The van der Waals surface area contributed by atoms with Crippen LogP contribution < -0.4 is 9.96 Å². The van der Waals surface area contributed by atoms with Gasteiger partial charge in [-0.15, -0.1) is 0 Å². The Morgan fingerprint density at radius 1 is 0.833 bits per heavy atom. The van der Waals surface area contributed by atoms with E-state index in [-0.39, 0.29) is 0 Å². The average molecular weight is 202 g/mol. The van der Waals surface area contributed by atoms with Crippen molar-refractivity contribution in [2.45, 2.75) is 51.1 Å². The molecular formula is C8H22N2Si2. The number of hydrogen-bond donors (Lipinski definition) is 2. The van der Waals surface area contributed by atoms with Gasteiger partial charge in [-0.25, -0.2) is 0 Å². The van der Waals surface area contributed by atoms with Crippen LogP contribution in [0, 0.1) is 0 Å². The van der Waals surface area contributed by atoms with Gasteiger partial charge in [-0.3, -0.25) is 0 Å². The third-order valence-corrected chi connectivity index (χ3v) is 13.7. The first kappa shape index (κ1) is 10.4. The SMILES string of the molecule is CC(C)N[SiH]1C[SiH](NC(C)C)C1. The Kier molecular flexibility index (Phi) is 3.96. The summed E-state index contributed by atoms with van der Waals surface area (Å²) in [5.74, 6) is 0. The Morgan fingerprint density at radius 3 is 1.42 bits per heavy atom. The van der Waals surface area contributed by atoms with E-state index in [1.807, 2.05) is 0 Å². The first-order valence-electron chi connectivity index (χ1n) is 5.10. The van der Waals surface area contributed by atoms with E-state index < -0.39 is 17.9 Å². The summed E-state index contributed by atoms with van der Waals surface area (Å²) in [4.78, 5) is 7.43. The second-order valence-corrected chi connectivity index (χ2v) is 11.7. The molecule has 0 atom stereocenters. The van der Waals surface area contributed by atoms with Crippen molar-refractivity contribution in [1.29, 1.82) is 0 Å². The molecule has 2 nitrogen and oxygen atoms in total. The minimum Gasteiger partial charge on any atom is -0.338 e. The van der Waals surface area contributed by atoms with E-state index in [1.165, 1.54) is 0 Å². The van der Waals surface area contributed by atoms with Crippen molar-refractivity contribution in [3.05, 3.63) is 0 Å². The molecule has 0 aromatic rings. The van der Waals surface area contributed by atoms with Crippen molar-refractivity contribution < 1.29 is 0 Å². The fraction of sp³-hybridized carbons (Fsp3) is 1.00. The first-order chi connectivity index (χ1) is 5.58. The number of rotatable bonds is 4. The van der Waals surface area contributed by atoms with Gasteiger partial charge in [0.25, 0.3) is 0 Å². The van der Waals surface area contributed by atoms with Crippen molar-refractivity contribution in [3.8, 4) is 0 Å². The van der Waals surface area contributed by atoms with Gasteiger partial charge in [0, 0.05) is 0 Å². The van der Waals surface area contributed by atoms with Gasteiger partial charge in [0.1, 0.15) is 17.9 Å². The molecule has 0 unspecified atom stereocenters. The Morgan fingerprint density at radius 2 is 1.17 bits per heavy atom. The average Bonchev–Trinajstić information content (AvgIpc) is 1.80. The maximum Gasteiger partial charge on any atom is 0.105 e. The van der Waals surface area contributed by atoms with Crippen LogP contribution in [0.3, 0.4) is 0 Å². The summed E-state index contributed by atoms with van der Waals surface area (Å²) in [6.07, 6.45) is 0. The standard InChI is InChI=1S/C8H22N2Si2/c1-7(2)9-11-5-12(6-11)10-8(3)4/h7-12H,5-6H2,1-4H3. The van der Waals surface area contributed by atoms with Gasteiger partial charge >= 0.3 is 0 Å². The van der Waals surface area contributed by atoms with Gasteiger partial charge in [0.15, 0.2) is 0 Å². The summed E-state index contributed by atoms with van der Waals surface area (Å²) in [6, 6.07) is 1.44. The Labute approximate surface area is 79.5 Å². The van der Waals surface area contributed by atoms with Gasteiger partial charge in [-0.2, -0.15) is 0 Å². The van der Waals surface area contributed by atoms with Crippen LogP contribution in [0.25, 0.3) is 0 Å². The van der Waals surface area contributed by atoms with Crippen LogP contribution in [0.4, 0.5) is 0 Å². The molecular weight excluding hydrogens is 180 g/mol. The van der Waals surface area contributed by atoms with E-state index in [9.17, 15) is 0 Å². The largest absolute Gasteiger partial charge is 0.338 e. The quantitative estimate of drug-likeness (QED) is 0.650. The molecule has 4 heteroatoms. The van der Waals surface area contributed by atoms with Crippen LogP contribution in [-0.4, -0.2) is 30.0 Å². The van der Waals surface area contributed by atoms with E-state index in [0.717, 1.165) is 12.1 Å². The molecule has 0 aromatic heterocycles. The van der Waals surface area contributed by atoms with Gasteiger partial charge in [-0.1, -0.05) is 27.7 Å². The fourth-order valence-corrected chi connectivity index (χ4v) is 10.8. The van der Waals surface area contributed by atoms with Gasteiger partial charge in [0.05, 0.1) is 0 Å². The minimum atomic E-state index is -0.426. The summed E-state index contributed by atoms with van der Waals surface area (Å²) >= 11 is 0. The molecule has 0 bridgehead atoms. The van der Waals surface area contributed by atoms with Crippen LogP contribution in [0.15, 0.2) is 0 Å². The highest BCUT2D eigenvalue weighted by Gasteiger charge is 2.32. The molecule has 2 N–H and O–H groups in total. The molecule has 1 fully saturated rings. The van der Waals surface area contributed by atoms with Crippen molar-refractivity contribution in [2.75, 3.05) is 0 Å². The van der Waals surface area contributed by atoms with Crippen molar-refractivity contribution in [2.24, 2.45) is 0 Å². The molecule has 1 aliphatic rings. The Hall–Kier alpha value is 0.354. The molecule has 12 heavy (non-hydrogen) atoms. The third-order valence-electron chi connectivity index (χ3n) is 2.28. The van der Waals surface area contributed by atoms with E-state index in [0.29, 0.717) is 0 Å². The predicted octanol–water partition coefficient (Wildman–Crippen LogP) is 0.522. The summed E-state index contributed by atoms with van der Waals surface area (Å²) in [5, 5.41) is 0. The highest BCUT2D eigenvalue weighted by molar-refractivity contribution is 6.92. The zero-order chi connectivity index (χ0) is 9.14. The zero-order valence-electron chi connectivity index (χ0n) is 8.72. The smallest absolute Gasteiger partial charge is 0.105 e. The molecule has 0 saturated carbocycles. The monoisotopic (exact) mass is 202 g/mol. The first-order valence-corrected chi connectivity index (χ1v) is 9.52. The molecule has 0 spiro atoms. The van der Waals surface area contributed by atoms with Crippen LogP contribution >= 0.6 is 0 Å². The van der Waals surface area contributed by atoms with E-state index in [2.05, 4.69) is 37.7 Å². The molecule has 1 rings (SSSR count). The number of nitrogens with one attached hydrogen (secondary N) is 2. The molecule has 0 aliphatic carbocycles. The van der Waals surface area contributed by atoms with Gasteiger partial charge in [0.2, 0.25) is 0 Å². The van der Waals surface area contributed by atoms with Crippen LogP contribution in [-0.2, 0) is 0 Å². The maximum atomic E-state index is 3.72. The number of hydrogen-bond acceptors (Lipinski definition) is 2. The second-order valence-electron chi connectivity index (χ2n) is 4.51. The van der Waals surface area contributed by atoms with E-state index >= 15 is 0 Å². The van der Waals surface area contributed by atoms with Crippen molar-refractivity contribution >= 4 is 17.9 Å². The van der Waals surface area contributed by atoms with Gasteiger partial charge in [-0.05, 0) is 23.4 Å². The Balaban J connectivity index is 2.04. The third kappa shape index (κ3) is 3.39. The van der Waals surface area contributed by atoms with Crippen LogP contribution in [0.1, 0.15) is 27.7 Å². The lowest BCUT2D eigenvalue weighted by molar-refractivity contribution is 0.720. The van der Waals surface area contributed by atoms with Crippen LogP contribution in [0.2, 0.25) is 11.3 Å². The normalized spacial score (nSPS) is 29.5. The summed E-state index contributed by atoms with van der Waals surface area (Å²) in [6.45, 7) is 9.05. The molecule has 1 saturated heterocycles. The minimum absolute atomic E-state index is 0.426. The van der Waals surface area contributed by atoms with Crippen molar-refractivity contribution in [3.63, 3.8) is 0 Å². The van der Waals surface area contributed by atoms with Crippen molar-refractivity contribution in [1.82, 2.24) is 9.96 Å². The molecule has 72 valence electrons. The lowest BCUT2D eigenvalue weighted by atomic mass is 10.4. The summed E-state index contributed by atoms with van der Waals surface area (Å²) < 4.78 is 0. The second kappa shape index (κ2) is 4.55. The molecule has 0 aromatic carbocycles. The maximum absolute atomic E-state index is 3.72. The Bertz CT molecular complexity index is 119. The molecule has 0 radical (unpaired) electrons. The highest BCUT2D eigenvalue weighted by Crippen LogP contribution is 2.16. The summed E-state index contributed by atoms with van der Waals surface area (Å²) in [5.41, 5.74) is 3.16. The van der Waals surface area contributed by atoms with E-state index in [1.54, 1.807) is 11.3 Å². The predicted molar refractivity (Wildman–Crippen MR) is 60.5 cm³/mol. The van der Waals surface area contributed by atoms with Gasteiger partial charge < -0.3 is 9.96 Å². The fourth-order valence-electron chi connectivity index (χ4n) is 1.83. The van der Waals surface area contributed by atoms with Crippen LogP contribution in [0.5, 0.6) is 0 Å². The topological polar surface area (TPSA) is 24.1 Å². The molecule has 1 heterocycles. The molecule has 0 amide bonds.